The molecule has 0 atom stereocenters. The van der Waals surface area contributed by atoms with Crippen LogP contribution in [0.15, 0.2) is 42.6 Å². The van der Waals surface area contributed by atoms with Crippen molar-refractivity contribution in [3.05, 3.63) is 65.1 Å². The van der Waals surface area contributed by atoms with Gasteiger partial charge in [0.15, 0.2) is 0 Å². The van der Waals surface area contributed by atoms with Gasteiger partial charge in [-0.1, -0.05) is 6.07 Å². The molecule has 1 saturated heterocycles. The monoisotopic (exact) mass is 431 g/mol. The van der Waals surface area contributed by atoms with Crippen molar-refractivity contribution >= 4 is 23.1 Å². The van der Waals surface area contributed by atoms with Crippen LogP contribution < -0.4 is 5.32 Å². The van der Waals surface area contributed by atoms with E-state index in [1.54, 1.807) is 6.07 Å². The maximum Gasteiger partial charge on any atom is 0.254 e. The molecule has 166 valence electrons. The third-order valence-corrected chi connectivity index (χ3v) is 6.44. The van der Waals surface area contributed by atoms with Crippen LogP contribution in [0, 0.1) is 19.8 Å². The molecule has 2 fully saturated rings. The number of hydrogen-bond acceptors (Lipinski definition) is 4. The van der Waals surface area contributed by atoms with Crippen LogP contribution in [0.2, 0.25) is 0 Å². The molecular formula is C25H29N5O2. The summed E-state index contributed by atoms with van der Waals surface area (Å²) in [6, 6.07) is 11.5. The Bertz CT molecular complexity index is 1170. The molecule has 7 heteroatoms. The maximum absolute atomic E-state index is 13.0. The summed E-state index contributed by atoms with van der Waals surface area (Å²) in [5.74, 6) is 0.220. The van der Waals surface area contributed by atoms with Crippen molar-refractivity contribution in [3.8, 4) is 0 Å². The number of imidazole rings is 1. The average molecular weight is 432 g/mol. The lowest BCUT2D eigenvalue weighted by Gasteiger charge is -2.34. The van der Waals surface area contributed by atoms with Gasteiger partial charge in [-0.15, -0.1) is 0 Å². The van der Waals surface area contributed by atoms with Crippen molar-refractivity contribution in [2.45, 2.75) is 33.2 Å². The minimum atomic E-state index is 0.0219. The molecule has 7 nitrogen and oxygen atoms in total. The van der Waals surface area contributed by atoms with Gasteiger partial charge >= 0.3 is 0 Å². The molecule has 0 bridgehead atoms. The van der Waals surface area contributed by atoms with Crippen LogP contribution in [0.4, 0.5) is 5.69 Å². The van der Waals surface area contributed by atoms with Gasteiger partial charge in [-0.3, -0.25) is 14.5 Å². The zero-order valence-electron chi connectivity index (χ0n) is 18.7. The number of fused-ring (bicyclic) bond motifs is 1. The van der Waals surface area contributed by atoms with E-state index in [4.69, 9.17) is 4.98 Å². The zero-order chi connectivity index (χ0) is 22.2. The van der Waals surface area contributed by atoms with Crippen LogP contribution in [-0.2, 0) is 11.3 Å². The minimum absolute atomic E-state index is 0.0219. The molecule has 1 aliphatic carbocycles. The summed E-state index contributed by atoms with van der Waals surface area (Å²) in [6.07, 6.45) is 4.01. The van der Waals surface area contributed by atoms with Crippen molar-refractivity contribution in [3.63, 3.8) is 0 Å². The molecular weight excluding hydrogens is 402 g/mol. The Hall–Kier alpha value is -3.19. The van der Waals surface area contributed by atoms with Crippen molar-refractivity contribution in [2.24, 2.45) is 5.92 Å². The molecule has 3 aromatic rings. The van der Waals surface area contributed by atoms with Crippen LogP contribution in [0.3, 0.4) is 0 Å². The third kappa shape index (κ3) is 4.25. The average Bonchev–Trinajstić information content (AvgIpc) is 3.59. The molecule has 0 spiro atoms. The van der Waals surface area contributed by atoms with E-state index in [1.807, 2.05) is 23.1 Å². The van der Waals surface area contributed by atoms with Crippen LogP contribution >= 0.6 is 0 Å². The van der Waals surface area contributed by atoms with E-state index >= 15 is 0 Å². The van der Waals surface area contributed by atoms with Gasteiger partial charge in [-0.25, -0.2) is 4.98 Å². The third-order valence-electron chi connectivity index (χ3n) is 6.44. The molecule has 0 radical (unpaired) electrons. The molecule has 1 aliphatic heterocycles. The number of amides is 2. The van der Waals surface area contributed by atoms with Gasteiger partial charge in [0.05, 0.1) is 11.4 Å². The number of rotatable bonds is 5. The van der Waals surface area contributed by atoms with Gasteiger partial charge in [-0.2, -0.15) is 0 Å². The lowest BCUT2D eigenvalue weighted by atomic mass is 10.1. The summed E-state index contributed by atoms with van der Waals surface area (Å²) < 4.78 is 2.17. The van der Waals surface area contributed by atoms with Crippen molar-refractivity contribution in [1.29, 1.82) is 0 Å². The number of nitrogens with zero attached hydrogens (tertiary/aromatic N) is 4. The number of pyridine rings is 1. The predicted octanol–water partition coefficient (Wildman–Crippen LogP) is 3.26. The zero-order valence-corrected chi connectivity index (χ0v) is 18.7. The standard InChI is InChI=1S/C25H29N5O2/c1-17-8-9-30-22(18(2)26-23(30)14-17)16-28-10-12-29(13-11-28)25(32)20-4-3-5-21(15-20)27-24(31)19-6-7-19/h3-5,8-9,14-15,19H,6-7,10-13,16H2,1-2H3,(H,27,31). The van der Waals surface area contributed by atoms with Crippen LogP contribution in [0.25, 0.3) is 5.65 Å². The Morgan fingerprint density at radius 2 is 1.84 bits per heavy atom. The van der Waals surface area contributed by atoms with E-state index in [2.05, 4.69) is 46.8 Å². The summed E-state index contributed by atoms with van der Waals surface area (Å²) in [7, 11) is 0. The van der Waals surface area contributed by atoms with Crippen LogP contribution in [0.5, 0.6) is 0 Å². The van der Waals surface area contributed by atoms with Crippen molar-refractivity contribution in [2.75, 3.05) is 31.5 Å². The molecule has 1 aromatic carbocycles. The highest BCUT2D eigenvalue weighted by atomic mass is 16.2. The number of carbonyl (C=O) groups excluding carboxylic acids is 2. The number of hydrogen-bond donors (Lipinski definition) is 1. The lowest BCUT2D eigenvalue weighted by molar-refractivity contribution is -0.117. The van der Waals surface area contributed by atoms with Gasteiger partial charge in [0.2, 0.25) is 5.91 Å². The van der Waals surface area contributed by atoms with E-state index in [0.717, 1.165) is 43.8 Å². The number of aryl methyl sites for hydroxylation is 2. The van der Waals surface area contributed by atoms with Crippen molar-refractivity contribution in [1.82, 2.24) is 19.2 Å². The van der Waals surface area contributed by atoms with Gasteiger partial charge in [0, 0.05) is 56.1 Å². The Morgan fingerprint density at radius 1 is 1.06 bits per heavy atom. The molecule has 2 amide bonds. The van der Waals surface area contributed by atoms with E-state index in [0.29, 0.717) is 24.3 Å². The number of nitrogens with one attached hydrogen (secondary N) is 1. The fraction of sp³-hybridized carbons (Fsp3) is 0.400. The van der Waals surface area contributed by atoms with Gasteiger partial charge in [-0.05, 0) is 62.6 Å². The first-order chi connectivity index (χ1) is 15.5. The highest BCUT2D eigenvalue weighted by Gasteiger charge is 2.30. The molecule has 1 saturated carbocycles. The quantitative estimate of drug-likeness (QED) is 0.673. The number of anilines is 1. The topological polar surface area (TPSA) is 70.0 Å². The Morgan fingerprint density at radius 3 is 2.59 bits per heavy atom. The Labute approximate surface area is 188 Å². The van der Waals surface area contributed by atoms with E-state index in [9.17, 15) is 9.59 Å². The largest absolute Gasteiger partial charge is 0.336 e. The van der Waals surface area contributed by atoms with Crippen molar-refractivity contribution < 1.29 is 9.59 Å². The highest BCUT2D eigenvalue weighted by molar-refractivity contribution is 5.98. The fourth-order valence-corrected chi connectivity index (χ4v) is 4.33. The fourth-order valence-electron chi connectivity index (χ4n) is 4.33. The molecule has 3 heterocycles. The number of piperazine rings is 1. The smallest absolute Gasteiger partial charge is 0.254 e. The van der Waals surface area contributed by atoms with E-state index < -0.39 is 0 Å². The number of benzene rings is 1. The molecule has 0 unspecified atom stereocenters. The number of carbonyl (C=O) groups is 2. The molecule has 32 heavy (non-hydrogen) atoms. The molecule has 5 rings (SSSR count). The molecule has 1 N–H and O–H groups in total. The summed E-state index contributed by atoms with van der Waals surface area (Å²) in [4.78, 5) is 34.1. The maximum atomic E-state index is 13.0. The SMILES string of the molecule is Cc1ccn2c(CN3CCN(C(=O)c4cccc(NC(=O)C5CC5)c4)CC3)c(C)nc2c1. The number of aromatic nitrogens is 2. The van der Waals surface area contributed by atoms with Crippen LogP contribution in [-0.4, -0.2) is 57.2 Å². The lowest BCUT2D eigenvalue weighted by Crippen LogP contribution is -2.48. The second-order valence-corrected chi connectivity index (χ2v) is 8.99. The molecule has 2 aliphatic rings. The second-order valence-electron chi connectivity index (χ2n) is 8.99. The minimum Gasteiger partial charge on any atom is -0.336 e. The van der Waals surface area contributed by atoms with Crippen LogP contribution in [0.1, 0.15) is 40.2 Å². The first-order valence-corrected chi connectivity index (χ1v) is 11.3. The summed E-state index contributed by atoms with van der Waals surface area (Å²) in [5.41, 5.74) is 5.78. The summed E-state index contributed by atoms with van der Waals surface area (Å²) in [5, 5.41) is 2.93. The Kier molecular flexibility index (Phi) is 5.43. The second kappa shape index (κ2) is 8.39. The highest BCUT2D eigenvalue weighted by Crippen LogP contribution is 2.30. The van der Waals surface area contributed by atoms with E-state index in [-0.39, 0.29) is 17.7 Å². The predicted molar refractivity (Wildman–Crippen MR) is 124 cm³/mol. The van der Waals surface area contributed by atoms with Gasteiger partial charge < -0.3 is 14.6 Å². The van der Waals surface area contributed by atoms with E-state index in [1.165, 1.54) is 11.3 Å². The molecule has 2 aromatic heterocycles. The first kappa shape index (κ1) is 20.7. The first-order valence-electron chi connectivity index (χ1n) is 11.3. The van der Waals surface area contributed by atoms with Gasteiger partial charge in [0.1, 0.15) is 5.65 Å². The normalized spacial score (nSPS) is 17.0. The summed E-state index contributed by atoms with van der Waals surface area (Å²) >= 11 is 0. The van der Waals surface area contributed by atoms with Gasteiger partial charge in [0.25, 0.3) is 5.91 Å². The summed E-state index contributed by atoms with van der Waals surface area (Å²) in [6.45, 7) is 7.98. The Balaban J connectivity index is 1.21.